The standard InChI is InChI=1S/C9H9N6P.S/c1-4-13(7-10-1)16(14-5-2-11-8-14)15-6-3-12-9-15;/h1-9H;. The molecular formula is C9H9N6PS. The van der Waals surface area contributed by atoms with Gasteiger partial charge in [-0.1, -0.05) is 0 Å². The molecule has 2 radical (unpaired) electrons. The van der Waals surface area contributed by atoms with E-state index in [0.717, 1.165) is 0 Å². The van der Waals surface area contributed by atoms with E-state index < -0.39 is 8.37 Å². The summed E-state index contributed by atoms with van der Waals surface area (Å²) in [6.45, 7) is 0. The molecule has 0 aliphatic carbocycles. The molecule has 8 heteroatoms. The largest absolute Gasteiger partial charge is 0.280 e. The molecule has 0 amide bonds. The smallest absolute Gasteiger partial charge is 0.223 e. The van der Waals surface area contributed by atoms with Crippen molar-refractivity contribution in [3.63, 3.8) is 0 Å². The molecule has 86 valence electrons. The van der Waals surface area contributed by atoms with Gasteiger partial charge >= 0.3 is 0 Å². The van der Waals surface area contributed by atoms with Crippen LogP contribution in [0.25, 0.3) is 0 Å². The zero-order chi connectivity index (χ0) is 10.8. The van der Waals surface area contributed by atoms with Crippen molar-refractivity contribution in [1.82, 2.24) is 28.0 Å². The van der Waals surface area contributed by atoms with Gasteiger partial charge in [0, 0.05) is 50.7 Å². The van der Waals surface area contributed by atoms with E-state index in [-0.39, 0.29) is 13.5 Å². The van der Waals surface area contributed by atoms with Gasteiger partial charge in [0.2, 0.25) is 8.37 Å². The van der Waals surface area contributed by atoms with E-state index >= 15 is 0 Å². The number of nitrogens with zero attached hydrogens (tertiary/aromatic N) is 6. The van der Waals surface area contributed by atoms with Crippen LogP contribution in [0.1, 0.15) is 0 Å². The van der Waals surface area contributed by atoms with E-state index in [2.05, 4.69) is 15.0 Å². The van der Waals surface area contributed by atoms with Crippen LogP contribution in [0.15, 0.2) is 56.2 Å². The molecule has 0 fully saturated rings. The molecule has 0 saturated carbocycles. The highest BCUT2D eigenvalue weighted by molar-refractivity contribution is 7.59. The number of rotatable bonds is 3. The molecule has 0 unspecified atom stereocenters. The summed E-state index contributed by atoms with van der Waals surface area (Å²) in [6, 6.07) is 0. The maximum absolute atomic E-state index is 4.07. The molecule has 0 bridgehead atoms. The van der Waals surface area contributed by atoms with E-state index in [0.29, 0.717) is 0 Å². The number of imidazole rings is 3. The fourth-order valence-electron chi connectivity index (χ4n) is 1.43. The van der Waals surface area contributed by atoms with Gasteiger partial charge in [0.25, 0.3) is 0 Å². The van der Waals surface area contributed by atoms with E-state index in [9.17, 15) is 0 Å². The Hall–Kier alpha value is -1.59. The summed E-state index contributed by atoms with van der Waals surface area (Å²) >= 11 is 0. The monoisotopic (exact) mass is 264 g/mol. The van der Waals surface area contributed by atoms with Gasteiger partial charge in [-0.15, -0.1) is 0 Å². The van der Waals surface area contributed by atoms with Crippen molar-refractivity contribution in [1.29, 1.82) is 0 Å². The first-order chi connectivity index (χ1) is 7.95. The lowest BCUT2D eigenvalue weighted by atomic mass is 11.0. The number of aromatic nitrogens is 6. The molecule has 3 heterocycles. The molecule has 0 aliphatic rings. The molecule has 3 aromatic rings. The second-order valence-electron chi connectivity index (χ2n) is 3.10. The first-order valence-electron chi connectivity index (χ1n) is 4.70. The summed E-state index contributed by atoms with van der Waals surface area (Å²) in [6.07, 6.45) is 16.5. The van der Waals surface area contributed by atoms with Gasteiger partial charge in [-0.05, 0) is 0 Å². The van der Waals surface area contributed by atoms with Crippen molar-refractivity contribution in [3.8, 4) is 0 Å². The van der Waals surface area contributed by atoms with Gasteiger partial charge in [-0.3, -0.25) is 13.0 Å². The van der Waals surface area contributed by atoms with E-state index in [4.69, 9.17) is 0 Å². The molecule has 0 saturated heterocycles. The predicted octanol–water partition coefficient (Wildman–Crippen LogP) is 2.10. The van der Waals surface area contributed by atoms with Gasteiger partial charge in [0.15, 0.2) is 0 Å². The minimum absolute atomic E-state index is 0. The van der Waals surface area contributed by atoms with Crippen molar-refractivity contribution in [2.45, 2.75) is 0 Å². The van der Waals surface area contributed by atoms with Gasteiger partial charge in [0.05, 0.1) is 0 Å². The van der Waals surface area contributed by atoms with Crippen LogP contribution in [0.2, 0.25) is 0 Å². The van der Waals surface area contributed by atoms with Crippen molar-refractivity contribution in [2.24, 2.45) is 0 Å². The van der Waals surface area contributed by atoms with Crippen LogP contribution in [0.4, 0.5) is 0 Å². The Balaban J connectivity index is 0.00000108. The maximum Gasteiger partial charge on any atom is 0.223 e. The minimum atomic E-state index is -0.772. The molecule has 6 nitrogen and oxygen atoms in total. The molecular weight excluding hydrogens is 255 g/mol. The van der Waals surface area contributed by atoms with Crippen LogP contribution in [-0.4, -0.2) is 28.0 Å². The molecule has 3 aromatic heterocycles. The highest BCUT2D eigenvalue weighted by Gasteiger charge is 2.14. The third-order valence-corrected chi connectivity index (χ3v) is 4.04. The summed E-state index contributed by atoms with van der Waals surface area (Å²) in [7, 11) is -0.772. The average molecular weight is 264 g/mol. The molecule has 0 N–H and O–H groups in total. The summed E-state index contributed by atoms with van der Waals surface area (Å²) in [5.41, 5.74) is 0. The Morgan fingerprint density at radius 3 is 1.24 bits per heavy atom. The maximum atomic E-state index is 4.07. The summed E-state index contributed by atoms with van der Waals surface area (Å²) < 4.78 is 6.12. The first kappa shape index (κ1) is 11.9. The van der Waals surface area contributed by atoms with Crippen molar-refractivity contribution >= 4 is 21.9 Å². The normalized spacial score (nSPS) is 10.4. The van der Waals surface area contributed by atoms with Crippen LogP contribution in [0, 0.1) is 0 Å². The average Bonchev–Trinajstić information content (AvgIpc) is 3.02. The number of hydrogen-bond acceptors (Lipinski definition) is 3. The zero-order valence-corrected chi connectivity index (χ0v) is 10.4. The zero-order valence-electron chi connectivity index (χ0n) is 8.73. The molecule has 0 aromatic carbocycles. The molecule has 17 heavy (non-hydrogen) atoms. The Bertz CT molecular complexity index is 451. The van der Waals surface area contributed by atoms with Crippen LogP contribution in [0.3, 0.4) is 0 Å². The van der Waals surface area contributed by atoms with Gasteiger partial charge < -0.3 is 0 Å². The Labute approximate surface area is 106 Å². The predicted molar refractivity (Wildman–Crippen MR) is 67.4 cm³/mol. The Morgan fingerprint density at radius 1 is 0.647 bits per heavy atom. The fourth-order valence-corrected chi connectivity index (χ4v) is 3.14. The topological polar surface area (TPSA) is 53.5 Å². The van der Waals surface area contributed by atoms with Crippen molar-refractivity contribution in [2.75, 3.05) is 0 Å². The lowest BCUT2D eigenvalue weighted by Crippen LogP contribution is -2.04. The summed E-state index contributed by atoms with van der Waals surface area (Å²) in [4.78, 5) is 12.2. The van der Waals surface area contributed by atoms with Gasteiger partial charge in [-0.25, -0.2) is 15.0 Å². The first-order valence-corrected chi connectivity index (χ1v) is 5.90. The minimum Gasteiger partial charge on any atom is -0.280 e. The SMILES string of the molecule is [S].c1cn(P(n2ccnc2)n2ccnc2)cn1. The number of hydrogen-bond donors (Lipinski definition) is 0. The molecule has 0 atom stereocenters. The van der Waals surface area contributed by atoms with Crippen molar-refractivity contribution < 1.29 is 0 Å². The Kier molecular flexibility index (Phi) is 3.61. The Morgan fingerprint density at radius 2 is 1.00 bits per heavy atom. The highest BCUT2D eigenvalue weighted by Crippen LogP contribution is 2.39. The van der Waals surface area contributed by atoms with E-state index in [1.165, 1.54) is 0 Å². The summed E-state index contributed by atoms with van der Waals surface area (Å²) in [5.74, 6) is 0. The van der Waals surface area contributed by atoms with Crippen LogP contribution in [-0.2, 0) is 0 Å². The van der Waals surface area contributed by atoms with Crippen LogP contribution in [0.5, 0.6) is 0 Å². The highest BCUT2D eigenvalue weighted by atomic mass is 32.1. The second kappa shape index (κ2) is 5.16. The van der Waals surface area contributed by atoms with Crippen LogP contribution < -0.4 is 0 Å². The van der Waals surface area contributed by atoms with Gasteiger partial charge in [-0.2, -0.15) is 0 Å². The molecule has 0 spiro atoms. The summed E-state index contributed by atoms with van der Waals surface area (Å²) in [5, 5.41) is 0. The lowest BCUT2D eigenvalue weighted by molar-refractivity contribution is 1.03. The van der Waals surface area contributed by atoms with Gasteiger partial charge in [0.1, 0.15) is 19.0 Å². The lowest BCUT2D eigenvalue weighted by Gasteiger charge is -2.18. The molecule has 0 aliphatic heterocycles. The van der Waals surface area contributed by atoms with E-state index in [1.54, 1.807) is 37.6 Å². The third-order valence-electron chi connectivity index (χ3n) is 2.09. The quantitative estimate of drug-likeness (QED) is 0.681. The van der Waals surface area contributed by atoms with E-state index in [1.807, 2.05) is 31.6 Å². The third kappa shape index (κ3) is 2.25. The van der Waals surface area contributed by atoms with Crippen LogP contribution >= 0.6 is 21.9 Å². The fraction of sp³-hybridized carbons (Fsp3) is 0. The second-order valence-corrected chi connectivity index (χ2v) is 5.02. The molecule has 3 rings (SSSR count). The van der Waals surface area contributed by atoms with Crippen molar-refractivity contribution in [3.05, 3.63) is 56.2 Å².